The second-order valence-electron chi connectivity index (χ2n) is 5.76. The van der Waals surface area contributed by atoms with Crippen molar-refractivity contribution in [3.8, 4) is 0 Å². The number of likely N-dealkylation sites (N-methyl/N-ethyl adjacent to an activating group) is 2. The molecule has 1 N–H and O–H groups in total. The van der Waals surface area contributed by atoms with Crippen LogP contribution >= 0.6 is 0 Å². The van der Waals surface area contributed by atoms with Crippen molar-refractivity contribution >= 4 is 5.69 Å². The first kappa shape index (κ1) is 15.3. The molecule has 0 radical (unpaired) electrons. The summed E-state index contributed by atoms with van der Waals surface area (Å²) < 4.78 is 2.05. The number of hydrogen-bond acceptors (Lipinski definition) is 4. The molecule has 2 rings (SSSR count). The van der Waals surface area contributed by atoms with E-state index in [1.165, 1.54) is 19.4 Å². The SMILES string of the molecule is CCN(CC)CCn1cc(NC2CCCN(C)C2)cn1. The zero-order chi connectivity index (χ0) is 14.4. The summed E-state index contributed by atoms with van der Waals surface area (Å²) in [6, 6.07) is 0.564. The number of likely N-dealkylation sites (tertiary alicyclic amines) is 1. The number of anilines is 1. The van der Waals surface area contributed by atoms with Gasteiger partial charge in [0, 0.05) is 25.3 Å². The van der Waals surface area contributed by atoms with Crippen LogP contribution in [0.2, 0.25) is 0 Å². The molecule has 1 aromatic rings. The van der Waals surface area contributed by atoms with E-state index in [1.54, 1.807) is 0 Å². The van der Waals surface area contributed by atoms with Crippen LogP contribution in [0, 0.1) is 0 Å². The summed E-state index contributed by atoms with van der Waals surface area (Å²) in [5.41, 5.74) is 1.16. The lowest BCUT2D eigenvalue weighted by Crippen LogP contribution is -2.39. The van der Waals surface area contributed by atoms with Crippen molar-refractivity contribution in [1.82, 2.24) is 19.6 Å². The van der Waals surface area contributed by atoms with Gasteiger partial charge in [-0.15, -0.1) is 0 Å². The summed E-state index contributed by atoms with van der Waals surface area (Å²) in [5.74, 6) is 0. The number of aromatic nitrogens is 2. The fraction of sp³-hybridized carbons (Fsp3) is 0.800. The van der Waals surface area contributed by atoms with Gasteiger partial charge in [-0.1, -0.05) is 13.8 Å². The fourth-order valence-electron chi connectivity index (χ4n) is 2.86. The lowest BCUT2D eigenvalue weighted by Gasteiger charge is -2.30. The zero-order valence-electron chi connectivity index (χ0n) is 13.2. The molecule has 1 atom stereocenters. The summed E-state index contributed by atoms with van der Waals surface area (Å²) in [5, 5.41) is 8.06. The maximum absolute atomic E-state index is 4.46. The van der Waals surface area contributed by atoms with E-state index in [9.17, 15) is 0 Å². The van der Waals surface area contributed by atoms with Gasteiger partial charge < -0.3 is 15.1 Å². The van der Waals surface area contributed by atoms with Crippen molar-refractivity contribution < 1.29 is 0 Å². The Morgan fingerprint density at radius 3 is 2.90 bits per heavy atom. The first-order valence-electron chi connectivity index (χ1n) is 7.91. The molecular formula is C15H29N5. The van der Waals surface area contributed by atoms with Crippen LogP contribution in [0.1, 0.15) is 26.7 Å². The summed E-state index contributed by atoms with van der Waals surface area (Å²) in [4.78, 5) is 4.82. The Kier molecular flexibility index (Phi) is 5.86. The molecule has 2 heterocycles. The molecule has 5 nitrogen and oxygen atoms in total. The molecule has 0 spiro atoms. The molecule has 1 aliphatic heterocycles. The maximum atomic E-state index is 4.46. The van der Waals surface area contributed by atoms with Crippen LogP contribution in [0.5, 0.6) is 0 Å². The fourth-order valence-corrected chi connectivity index (χ4v) is 2.86. The van der Waals surface area contributed by atoms with E-state index in [0.29, 0.717) is 6.04 Å². The minimum atomic E-state index is 0.564. The van der Waals surface area contributed by atoms with Crippen molar-refractivity contribution in [2.24, 2.45) is 0 Å². The zero-order valence-corrected chi connectivity index (χ0v) is 13.2. The van der Waals surface area contributed by atoms with Crippen LogP contribution in [0.25, 0.3) is 0 Å². The number of piperidine rings is 1. The number of nitrogens with zero attached hydrogens (tertiary/aromatic N) is 4. The van der Waals surface area contributed by atoms with Crippen molar-refractivity contribution in [2.75, 3.05) is 45.1 Å². The van der Waals surface area contributed by atoms with Gasteiger partial charge in [0.25, 0.3) is 0 Å². The van der Waals surface area contributed by atoms with Gasteiger partial charge in [-0.3, -0.25) is 4.68 Å². The molecule has 0 aliphatic carbocycles. The topological polar surface area (TPSA) is 36.3 Å². The van der Waals surface area contributed by atoms with Crippen LogP contribution in [0.3, 0.4) is 0 Å². The molecular weight excluding hydrogens is 250 g/mol. The van der Waals surface area contributed by atoms with Gasteiger partial charge in [-0.25, -0.2) is 0 Å². The molecule has 1 saturated heterocycles. The molecule has 0 aromatic carbocycles. The second kappa shape index (κ2) is 7.64. The normalized spacial score (nSPS) is 20.5. The molecule has 1 unspecified atom stereocenters. The minimum Gasteiger partial charge on any atom is -0.378 e. The van der Waals surface area contributed by atoms with Gasteiger partial charge in [0.2, 0.25) is 0 Å². The van der Waals surface area contributed by atoms with Crippen molar-refractivity contribution in [1.29, 1.82) is 0 Å². The Hall–Kier alpha value is -1.07. The largest absolute Gasteiger partial charge is 0.378 e. The maximum Gasteiger partial charge on any atom is 0.0729 e. The van der Waals surface area contributed by atoms with Gasteiger partial charge in [0.05, 0.1) is 18.4 Å². The third-order valence-electron chi connectivity index (χ3n) is 4.17. The standard InChI is InChI=1S/C15H29N5/c1-4-19(5-2)9-10-20-13-15(11-16-20)17-14-7-6-8-18(3)12-14/h11,13-14,17H,4-10,12H2,1-3H3. The van der Waals surface area contributed by atoms with E-state index in [0.717, 1.165) is 38.4 Å². The van der Waals surface area contributed by atoms with Gasteiger partial charge in [0.15, 0.2) is 0 Å². The predicted molar refractivity (Wildman–Crippen MR) is 84.2 cm³/mol. The Balaban J connectivity index is 1.79. The summed E-state index contributed by atoms with van der Waals surface area (Å²) >= 11 is 0. The van der Waals surface area contributed by atoms with Crippen molar-refractivity contribution in [3.05, 3.63) is 12.4 Å². The van der Waals surface area contributed by atoms with Gasteiger partial charge >= 0.3 is 0 Å². The number of rotatable bonds is 7. The first-order chi connectivity index (χ1) is 9.71. The Morgan fingerprint density at radius 2 is 2.20 bits per heavy atom. The number of nitrogens with one attached hydrogen (secondary N) is 1. The lowest BCUT2D eigenvalue weighted by atomic mass is 10.1. The van der Waals surface area contributed by atoms with Gasteiger partial charge in [0.1, 0.15) is 0 Å². The van der Waals surface area contributed by atoms with E-state index in [4.69, 9.17) is 0 Å². The monoisotopic (exact) mass is 279 g/mol. The van der Waals surface area contributed by atoms with E-state index in [1.807, 2.05) is 10.9 Å². The van der Waals surface area contributed by atoms with Crippen LogP contribution in [-0.4, -0.2) is 65.4 Å². The Bertz CT molecular complexity index is 385. The lowest BCUT2D eigenvalue weighted by molar-refractivity contribution is 0.261. The Labute approximate surface area is 122 Å². The first-order valence-corrected chi connectivity index (χ1v) is 7.91. The predicted octanol–water partition coefficient (Wildman–Crippen LogP) is 1.73. The smallest absolute Gasteiger partial charge is 0.0729 e. The molecule has 5 heteroatoms. The van der Waals surface area contributed by atoms with Gasteiger partial charge in [-0.2, -0.15) is 5.10 Å². The van der Waals surface area contributed by atoms with Crippen LogP contribution in [-0.2, 0) is 6.54 Å². The molecule has 0 bridgehead atoms. The third-order valence-corrected chi connectivity index (χ3v) is 4.17. The minimum absolute atomic E-state index is 0.564. The van der Waals surface area contributed by atoms with Crippen LogP contribution < -0.4 is 5.32 Å². The average molecular weight is 279 g/mol. The molecule has 1 aromatic heterocycles. The van der Waals surface area contributed by atoms with Crippen LogP contribution in [0.15, 0.2) is 12.4 Å². The van der Waals surface area contributed by atoms with E-state index in [-0.39, 0.29) is 0 Å². The summed E-state index contributed by atoms with van der Waals surface area (Å²) in [6.07, 6.45) is 6.63. The highest BCUT2D eigenvalue weighted by Gasteiger charge is 2.17. The van der Waals surface area contributed by atoms with Gasteiger partial charge in [-0.05, 0) is 39.5 Å². The quantitative estimate of drug-likeness (QED) is 0.825. The average Bonchev–Trinajstić information content (AvgIpc) is 2.87. The molecule has 1 fully saturated rings. The molecule has 20 heavy (non-hydrogen) atoms. The summed E-state index contributed by atoms with van der Waals surface area (Å²) in [6.45, 7) is 11.0. The van der Waals surface area contributed by atoms with E-state index >= 15 is 0 Å². The highest BCUT2D eigenvalue weighted by Crippen LogP contribution is 2.14. The molecule has 1 aliphatic rings. The van der Waals surface area contributed by atoms with E-state index < -0.39 is 0 Å². The summed E-state index contributed by atoms with van der Waals surface area (Å²) in [7, 11) is 2.20. The van der Waals surface area contributed by atoms with Crippen molar-refractivity contribution in [3.63, 3.8) is 0 Å². The van der Waals surface area contributed by atoms with Crippen molar-refractivity contribution in [2.45, 2.75) is 39.3 Å². The second-order valence-corrected chi connectivity index (χ2v) is 5.76. The highest BCUT2D eigenvalue weighted by atomic mass is 15.3. The number of hydrogen-bond donors (Lipinski definition) is 1. The highest BCUT2D eigenvalue weighted by molar-refractivity contribution is 5.39. The molecule has 114 valence electrons. The van der Waals surface area contributed by atoms with E-state index in [2.05, 4.69) is 47.3 Å². The molecule has 0 amide bonds. The third kappa shape index (κ3) is 4.49. The van der Waals surface area contributed by atoms with Crippen LogP contribution in [0.4, 0.5) is 5.69 Å². The molecule has 0 saturated carbocycles. The Morgan fingerprint density at radius 1 is 1.40 bits per heavy atom.